The monoisotopic (exact) mass is 208 g/mol. The minimum absolute atomic E-state index is 0.515. The first-order valence-corrected chi connectivity index (χ1v) is 5.52. The van der Waals surface area contributed by atoms with Crippen molar-refractivity contribution in [1.82, 2.24) is 0 Å². The molecule has 0 saturated heterocycles. The summed E-state index contributed by atoms with van der Waals surface area (Å²) in [5.74, 6) is 0.515. The molecule has 0 aliphatic carbocycles. The highest BCUT2D eigenvalue weighted by atomic mass is 32.2. The number of rotatable bonds is 4. The predicted octanol–water partition coefficient (Wildman–Crippen LogP) is 3.92. The molecule has 1 aromatic carbocycles. The molecule has 0 heterocycles. The Morgan fingerprint density at radius 1 is 1.29 bits per heavy atom. The van der Waals surface area contributed by atoms with E-state index in [2.05, 4.69) is 32.1 Å². The molecule has 1 nitrogen and oxygen atoms in total. The van der Waals surface area contributed by atoms with Gasteiger partial charge in [-0.15, -0.1) is 0 Å². The Morgan fingerprint density at radius 2 is 1.93 bits per heavy atom. The highest BCUT2D eigenvalue weighted by molar-refractivity contribution is 8.02. The van der Waals surface area contributed by atoms with Crippen LogP contribution in [0.5, 0.6) is 0 Å². The van der Waals surface area contributed by atoms with Crippen LogP contribution in [0.4, 0.5) is 0 Å². The number of hydrogen-bond donors (Lipinski definition) is 0. The maximum absolute atomic E-state index is 5.29. The van der Waals surface area contributed by atoms with Crippen LogP contribution < -0.4 is 0 Å². The smallest absolute Gasteiger partial charge is 0.153 e. The molecule has 0 N–H and O–H groups in total. The number of benzene rings is 1. The molecule has 0 saturated carbocycles. The summed E-state index contributed by atoms with van der Waals surface area (Å²) in [7, 11) is 1.71. The van der Waals surface area contributed by atoms with Crippen LogP contribution in [-0.4, -0.2) is 7.11 Å². The Bertz CT molecular complexity index is 290. The van der Waals surface area contributed by atoms with Gasteiger partial charge in [0.15, 0.2) is 5.09 Å². The number of allylic oxidation sites excluding steroid dienone is 1. The van der Waals surface area contributed by atoms with Gasteiger partial charge in [-0.05, 0) is 24.1 Å². The summed E-state index contributed by atoms with van der Waals surface area (Å²) < 4.78 is 5.29. The van der Waals surface area contributed by atoms with E-state index in [-0.39, 0.29) is 0 Å². The molecule has 0 aromatic heterocycles. The molecular formula is C12H16OS. The molecule has 0 aliphatic rings. The zero-order valence-electron chi connectivity index (χ0n) is 8.86. The van der Waals surface area contributed by atoms with Gasteiger partial charge >= 0.3 is 0 Å². The Balaban J connectivity index is 2.67. The highest BCUT2D eigenvalue weighted by Gasteiger charge is 2.00. The molecule has 0 spiro atoms. The van der Waals surface area contributed by atoms with Gasteiger partial charge in [0.05, 0.1) is 7.11 Å². The standard InChI is InChI=1S/C12H16OS/c1-10(2)9-12(13-3)14-11-7-5-4-6-8-11/h4-10H,1-3H3/b12-9+. The summed E-state index contributed by atoms with van der Waals surface area (Å²) in [6.45, 7) is 4.29. The lowest BCUT2D eigenvalue weighted by atomic mass is 10.2. The summed E-state index contributed by atoms with van der Waals surface area (Å²) in [6.07, 6.45) is 2.12. The van der Waals surface area contributed by atoms with Crippen molar-refractivity contribution in [2.45, 2.75) is 18.7 Å². The molecule has 76 valence electrons. The van der Waals surface area contributed by atoms with Crippen molar-refractivity contribution in [2.75, 3.05) is 7.11 Å². The topological polar surface area (TPSA) is 9.23 Å². The van der Waals surface area contributed by atoms with Crippen LogP contribution >= 0.6 is 11.8 Å². The van der Waals surface area contributed by atoms with E-state index >= 15 is 0 Å². The average Bonchev–Trinajstić information content (AvgIpc) is 2.17. The average molecular weight is 208 g/mol. The number of ether oxygens (including phenoxy) is 1. The van der Waals surface area contributed by atoms with Crippen molar-refractivity contribution in [3.8, 4) is 0 Å². The first kappa shape index (κ1) is 11.2. The van der Waals surface area contributed by atoms with Crippen LogP contribution in [0.25, 0.3) is 0 Å². The van der Waals surface area contributed by atoms with Crippen molar-refractivity contribution in [2.24, 2.45) is 5.92 Å². The van der Waals surface area contributed by atoms with Crippen LogP contribution in [0, 0.1) is 5.92 Å². The van der Waals surface area contributed by atoms with E-state index in [1.807, 2.05) is 18.2 Å². The van der Waals surface area contributed by atoms with Crippen molar-refractivity contribution in [1.29, 1.82) is 0 Å². The van der Waals surface area contributed by atoms with Gasteiger partial charge in [-0.25, -0.2) is 0 Å². The molecule has 0 radical (unpaired) electrons. The first-order chi connectivity index (χ1) is 6.72. The fourth-order valence-electron chi connectivity index (χ4n) is 1.02. The maximum Gasteiger partial charge on any atom is 0.153 e. The molecule has 0 bridgehead atoms. The predicted molar refractivity (Wildman–Crippen MR) is 62.2 cm³/mol. The van der Waals surface area contributed by atoms with E-state index in [9.17, 15) is 0 Å². The quantitative estimate of drug-likeness (QED) is 0.548. The van der Waals surface area contributed by atoms with Gasteiger partial charge in [-0.2, -0.15) is 0 Å². The van der Waals surface area contributed by atoms with E-state index in [1.54, 1.807) is 18.9 Å². The van der Waals surface area contributed by atoms with Gasteiger partial charge in [0.1, 0.15) is 0 Å². The minimum atomic E-state index is 0.515. The number of methoxy groups -OCH3 is 1. The Kier molecular flexibility index (Phi) is 4.60. The van der Waals surface area contributed by atoms with Crippen LogP contribution in [0.3, 0.4) is 0 Å². The SMILES string of the molecule is CO/C(=C\C(C)C)Sc1ccccc1. The van der Waals surface area contributed by atoms with Crippen LogP contribution in [0.1, 0.15) is 13.8 Å². The second-order valence-corrected chi connectivity index (χ2v) is 4.43. The fourth-order valence-corrected chi connectivity index (χ4v) is 1.97. The highest BCUT2D eigenvalue weighted by Crippen LogP contribution is 2.27. The van der Waals surface area contributed by atoms with Crippen molar-refractivity contribution in [3.63, 3.8) is 0 Å². The van der Waals surface area contributed by atoms with Gasteiger partial charge in [-0.3, -0.25) is 0 Å². The Hall–Kier alpha value is -0.890. The molecule has 0 atom stereocenters. The molecule has 1 rings (SSSR count). The van der Waals surface area contributed by atoms with Crippen LogP contribution in [0.15, 0.2) is 46.4 Å². The fraction of sp³-hybridized carbons (Fsp3) is 0.333. The first-order valence-electron chi connectivity index (χ1n) is 4.71. The third-order valence-electron chi connectivity index (χ3n) is 1.63. The van der Waals surface area contributed by atoms with Gasteiger partial charge in [0, 0.05) is 4.90 Å². The maximum atomic E-state index is 5.29. The molecule has 0 fully saturated rings. The largest absolute Gasteiger partial charge is 0.491 e. The number of hydrogen-bond acceptors (Lipinski definition) is 2. The van der Waals surface area contributed by atoms with Crippen molar-refractivity contribution in [3.05, 3.63) is 41.5 Å². The second-order valence-electron chi connectivity index (χ2n) is 3.35. The summed E-state index contributed by atoms with van der Waals surface area (Å²) in [6, 6.07) is 10.2. The third-order valence-corrected chi connectivity index (χ3v) is 2.64. The lowest BCUT2D eigenvalue weighted by Gasteiger charge is -2.06. The summed E-state index contributed by atoms with van der Waals surface area (Å²) in [4.78, 5) is 1.21. The van der Waals surface area contributed by atoms with Crippen LogP contribution in [-0.2, 0) is 4.74 Å². The normalized spacial score (nSPS) is 11.9. The lowest BCUT2D eigenvalue weighted by molar-refractivity contribution is 0.321. The van der Waals surface area contributed by atoms with Gasteiger partial charge < -0.3 is 4.74 Å². The Morgan fingerprint density at radius 3 is 2.43 bits per heavy atom. The second kappa shape index (κ2) is 5.76. The molecule has 2 heteroatoms. The molecule has 0 aliphatic heterocycles. The van der Waals surface area contributed by atoms with Crippen molar-refractivity contribution < 1.29 is 4.74 Å². The van der Waals surface area contributed by atoms with E-state index in [0.29, 0.717) is 5.92 Å². The molecule has 0 amide bonds. The number of thioether (sulfide) groups is 1. The van der Waals surface area contributed by atoms with Crippen LogP contribution in [0.2, 0.25) is 0 Å². The van der Waals surface area contributed by atoms with E-state index in [0.717, 1.165) is 5.09 Å². The Labute approximate surface area is 90.2 Å². The zero-order valence-corrected chi connectivity index (χ0v) is 9.67. The summed E-state index contributed by atoms with van der Waals surface area (Å²) in [5, 5.41) is 0.964. The van der Waals surface area contributed by atoms with Gasteiger partial charge in [0.2, 0.25) is 0 Å². The van der Waals surface area contributed by atoms with Crippen molar-refractivity contribution >= 4 is 11.8 Å². The minimum Gasteiger partial charge on any atom is -0.491 e. The van der Waals surface area contributed by atoms with E-state index in [1.165, 1.54) is 4.90 Å². The van der Waals surface area contributed by atoms with Gasteiger partial charge in [-0.1, -0.05) is 43.8 Å². The molecule has 0 unspecified atom stereocenters. The van der Waals surface area contributed by atoms with E-state index in [4.69, 9.17) is 4.74 Å². The summed E-state index contributed by atoms with van der Waals surface area (Å²) in [5.41, 5.74) is 0. The lowest BCUT2D eigenvalue weighted by Crippen LogP contribution is -1.86. The summed E-state index contributed by atoms with van der Waals surface area (Å²) >= 11 is 1.66. The third kappa shape index (κ3) is 3.88. The molecular weight excluding hydrogens is 192 g/mol. The molecule has 1 aromatic rings. The zero-order chi connectivity index (χ0) is 10.4. The van der Waals surface area contributed by atoms with E-state index < -0.39 is 0 Å². The molecule has 14 heavy (non-hydrogen) atoms. The van der Waals surface area contributed by atoms with Gasteiger partial charge in [0.25, 0.3) is 0 Å².